The molecule has 2 heterocycles. The van der Waals surface area contributed by atoms with Crippen LogP contribution in [0.1, 0.15) is 51.7 Å². The second-order valence-corrected chi connectivity index (χ2v) is 9.75. The minimum Gasteiger partial charge on any atom is -0.447 e. The molecule has 8 heteroatoms. The summed E-state index contributed by atoms with van der Waals surface area (Å²) in [6, 6.07) is 8.65. The maximum Gasteiger partial charge on any atom is 0.217 e. The average molecular weight is 424 g/mol. The van der Waals surface area contributed by atoms with E-state index in [1.807, 2.05) is 12.1 Å². The van der Waals surface area contributed by atoms with E-state index in [4.69, 9.17) is 14.9 Å². The van der Waals surface area contributed by atoms with E-state index >= 15 is 0 Å². The largest absolute Gasteiger partial charge is 0.447 e. The Morgan fingerprint density at radius 1 is 1.13 bits per heavy atom. The molecule has 2 bridgehead atoms. The molecule has 31 heavy (non-hydrogen) atoms. The van der Waals surface area contributed by atoms with E-state index in [1.54, 1.807) is 0 Å². The maximum atomic E-state index is 14.8. The Morgan fingerprint density at radius 3 is 2.35 bits per heavy atom. The van der Waals surface area contributed by atoms with Gasteiger partial charge in [0.2, 0.25) is 17.1 Å². The molecule has 1 aliphatic carbocycles. The molecule has 1 N–H and O–H groups in total. The fourth-order valence-corrected chi connectivity index (χ4v) is 5.62. The lowest BCUT2D eigenvalue weighted by atomic mass is 9.49. The SMILES string of the molecule is CC(C)(C)C1CCC23OC(=N)C(C#N)(C2C1)C(C#N)(C#N)C(c1ccc(F)cc1F)O3. The first-order valence-corrected chi connectivity index (χ1v) is 10.2. The van der Waals surface area contributed by atoms with E-state index in [2.05, 4.69) is 26.8 Å². The summed E-state index contributed by atoms with van der Waals surface area (Å²) in [6.07, 6.45) is -0.0894. The summed E-state index contributed by atoms with van der Waals surface area (Å²) in [7, 11) is 0. The number of hydrogen-bond donors (Lipinski definition) is 1. The Labute approximate surface area is 179 Å². The van der Waals surface area contributed by atoms with Crippen molar-refractivity contribution >= 4 is 5.90 Å². The van der Waals surface area contributed by atoms with Crippen molar-refractivity contribution in [3.8, 4) is 18.2 Å². The summed E-state index contributed by atoms with van der Waals surface area (Å²) in [4.78, 5) is 0. The van der Waals surface area contributed by atoms with Crippen molar-refractivity contribution in [2.45, 2.75) is 51.9 Å². The fraction of sp³-hybridized carbons (Fsp3) is 0.565. The molecule has 6 nitrogen and oxygen atoms in total. The minimum atomic E-state index is -2.25. The van der Waals surface area contributed by atoms with Gasteiger partial charge in [0, 0.05) is 18.1 Å². The zero-order valence-corrected chi connectivity index (χ0v) is 17.5. The molecule has 2 saturated heterocycles. The van der Waals surface area contributed by atoms with Crippen LogP contribution < -0.4 is 0 Å². The van der Waals surface area contributed by atoms with Gasteiger partial charge in [-0.3, -0.25) is 5.41 Å². The fourth-order valence-electron chi connectivity index (χ4n) is 5.62. The standard InChI is InChI=1S/C23H22F2N4O2/c1-20(2,3)13-6-7-23-17(8-13)22(12-28,19(29)31-23)21(10-26,11-27)18(30-23)15-5-4-14(24)9-16(15)25/h4-5,9,13,17-18,29H,6-8H2,1-3H3. The maximum absolute atomic E-state index is 14.8. The van der Waals surface area contributed by atoms with Gasteiger partial charge in [-0.15, -0.1) is 0 Å². The Hall–Kier alpha value is -3.02. The second kappa shape index (κ2) is 6.49. The number of hydrogen-bond acceptors (Lipinski definition) is 6. The predicted octanol–water partition coefficient (Wildman–Crippen LogP) is 4.75. The molecule has 160 valence electrons. The molecule has 1 aromatic carbocycles. The van der Waals surface area contributed by atoms with Gasteiger partial charge in [-0.05, 0) is 30.2 Å². The van der Waals surface area contributed by atoms with Gasteiger partial charge in [0.15, 0.2) is 5.41 Å². The van der Waals surface area contributed by atoms with Crippen LogP contribution in [-0.2, 0) is 9.47 Å². The van der Waals surface area contributed by atoms with Crippen LogP contribution in [-0.4, -0.2) is 11.7 Å². The van der Waals surface area contributed by atoms with Gasteiger partial charge < -0.3 is 9.47 Å². The molecule has 2 aliphatic heterocycles. The van der Waals surface area contributed by atoms with Crippen LogP contribution in [0.4, 0.5) is 8.78 Å². The van der Waals surface area contributed by atoms with Gasteiger partial charge in [0.05, 0.1) is 24.1 Å². The summed E-state index contributed by atoms with van der Waals surface area (Å²) in [5.74, 6) is -4.32. The third-order valence-corrected chi connectivity index (χ3v) is 7.38. The van der Waals surface area contributed by atoms with Gasteiger partial charge >= 0.3 is 0 Å². The lowest BCUT2D eigenvalue weighted by Crippen LogP contribution is -2.61. The summed E-state index contributed by atoms with van der Waals surface area (Å²) in [6.45, 7) is 6.22. The smallest absolute Gasteiger partial charge is 0.217 e. The van der Waals surface area contributed by atoms with Gasteiger partial charge in [0.1, 0.15) is 17.7 Å². The number of rotatable bonds is 1. The summed E-state index contributed by atoms with van der Waals surface area (Å²) >= 11 is 0. The van der Waals surface area contributed by atoms with Gasteiger partial charge in [-0.1, -0.05) is 26.8 Å². The molecular formula is C23H22F2N4O2. The molecule has 4 rings (SSSR count). The van der Waals surface area contributed by atoms with Crippen molar-refractivity contribution in [2.75, 3.05) is 0 Å². The number of halogens is 2. The molecule has 0 spiro atoms. The molecule has 1 aromatic rings. The first kappa shape index (κ1) is 21.2. The Kier molecular flexibility index (Phi) is 4.44. The molecule has 1 saturated carbocycles. The van der Waals surface area contributed by atoms with Crippen molar-refractivity contribution < 1.29 is 18.3 Å². The normalized spacial score (nSPS) is 35.8. The highest BCUT2D eigenvalue weighted by Gasteiger charge is 2.81. The highest BCUT2D eigenvalue weighted by molar-refractivity contribution is 5.89. The summed E-state index contributed by atoms with van der Waals surface area (Å²) < 4.78 is 40.4. The Bertz CT molecular complexity index is 1080. The summed E-state index contributed by atoms with van der Waals surface area (Å²) in [5, 5.41) is 39.3. The van der Waals surface area contributed by atoms with Crippen molar-refractivity contribution in [1.29, 1.82) is 21.2 Å². The predicted molar refractivity (Wildman–Crippen MR) is 104 cm³/mol. The number of benzene rings is 1. The Morgan fingerprint density at radius 2 is 1.81 bits per heavy atom. The van der Waals surface area contributed by atoms with Crippen molar-refractivity contribution in [1.82, 2.24) is 0 Å². The molecular weight excluding hydrogens is 402 g/mol. The van der Waals surface area contributed by atoms with E-state index in [0.29, 0.717) is 25.3 Å². The highest BCUT2D eigenvalue weighted by Crippen LogP contribution is 2.70. The quantitative estimate of drug-likeness (QED) is 0.699. The highest BCUT2D eigenvalue weighted by atomic mass is 19.1. The molecule has 3 fully saturated rings. The number of ether oxygens (including phenoxy) is 2. The minimum absolute atomic E-state index is 0.109. The van der Waals surface area contributed by atoms with Crippen molar-refractivity contribution in [3.63, 3.8) is 0 Å². The monoisotopic (exact) mass is 424 g/mol. The van der Waals surface area contributed by atoms with Crippen molar-refractivity contribution in [3.05, 3.63) is 35.4 Å². The number of nitriles is 3. The van der Waals surface area contributed by atoms with Gasteiger partial charge in [0.25, 0.3) is 0 Å². The zero-order chi connectivity index (χ0) is 22.8. The average Bonchev–Trinajstić information content (AvgIpc) is 2.91. The molecule has 5 atom stereocenters. The van der Waals surface area contributed by atoms with Crippen LogP contribution in [0.25, 0.3) is 0 Å². The van der Waals surface area contributed by atoms with Crippen LogP contribution in [0.15, 0.2) is 18.2 Å². The zero-order valence-electron chi connectivity index (χ0n) is 17.5. The third-order valence-electron chi connectivity index (χ3n) is 7.38. The molecule has 0 radical (unpaired) electrons. The van der Waals surface area contributed by atoms with Crippen LogP contribution in [0.5, 0.6) is 0 Å². The first-order chi connectivity index (χ1) is 14.5. The number of nitrogens with zero attached hydrogens (tertiary/aromatic N) is 3. The molecule has 0 aromatic heterocycles. The van der Waals surface area contributed by atoms with Crippen LogP contribution in [0.3, 0.4) is 0 Å². The van der Waals surface area contributed by atoms with Crippen LogP contribution in [0, 0.1) is 79.1 Å². The van der Waals surface area contributed by atoms with Crippen LogP contribution >= 0.6 is 0 Å². The van der Waals surface area contributed by atoms with E-state index in [-0.39, 0.29) is 16.9 Å². The van der Waals surface area contributed by atoms with Gasteiger partial charge in [-0.25, -0.2) is 8.78 Å². The van der Waals surface area contributed by atoms with E-state index in [9.17, 15) is 24.6 Å². The number of nitrogens with one attached hydrogen (secondary N) is 1. The van der Waals surface area contributed by atoms with Crippen LogP contribution in [0.2, 0.25) is 0 Å². The summed E-state index contributed by atoms with van der Waals surface area (Å²) in [5.41, 5.74) is -4.51. The topological polar surface area (TPSA) is 114 Å². The molecule has 5 unspecified atom stereocenters. The van der Waals surface area contributed by atoms with Crippen molar-refractivity contribution in [2.24, 2.45) is 28.1 Å². The lowest BCUT2D eigenvalue weighted by molar-refractivity contribution is -0.302. The first-order valence-electron chi connectivity index (χ1n) is 10.2. The third kappa shape index (κ3) is 2.51. The Balaban J connectivity index is 1.96. The van der Waals surface area contributed by atoms with E-state index in [1.165, 1.54) is 0 Å². The lowest BCUT2D eigenvalue weighted by Gasteiger charge is -2.54. The molecule has 3 aliphatic rings. The van der Waals surface area contributed by atoms with Gasteiger partial charge in [-0.2, -0.15) is 15.8 Å². The van der Waals surface area contributed by atoms with E-state index in [0.717, 1.165) is 12.1 Å². The molecule has 0 amide bonds. The second-order valence-electron chi connectivity index (χ2n) is 9.75. The van der Waals surface area contributed by atoms with E-state index < -0.39 is 46.2 Å².